The van der Waals surface area contributed by atoms with Gasteiger partial charge in [0.15, 0.2) is 0 Å². The highest BCUT2D eigenvalue weighted by Gasteiger charge is 2.61. The second-order valence-electron chi connectivity index (χ2n) is 9.63. The first kappa shape index (κ1) is 17.8. The second-order valence-corrected chi connectivity index (χ2v) is 9.63. The van der Waals surface area contributed by atoms with Crippen LogP contribution in [0, 0.1) is 5.41 Å². The van der Waals surface area contributed by atoms with Gasteiger partial charge in [0.05, 0.1) is 6.04 Å². The largest absolute Gasteiger partial charge is 0.444 e. The Morgan fingerprint density at radius 2 is 2.00 bits per heavy atom. The number of benzene rings is 1. The van der Waals surface area contributed by atoms with Crippen LogP contribution in [0.5, 0.6) is 0 Å². The maximum atomic E-state index is 13.1. The van der Waals surface area contributed by atoms with E-state index < -0.39 is 5.60 Å². The SMILES string of the molecule is CC(C)(C)OC(=O)N1[C@H]2CCC[C@H]3N[C@@H](Cc4ccccc4)[C@@H]1C[C@@]23C. The predicted octanol–water partition coefficient (Wildman–Crippen LogP) is 4.14. The Bertz CT molecular complexity index is 668. The van der Waals surface area contributed by atoms with Crippen LogP contribution in [0.3, 0.4) is 0 Å². The van der Waals surface area contributed by atoms with Crippen molar-refractivity contribution < 1.29 is 9.53 Å². The van der Waals surface area contributed by atoms with E-state index in [2.05, 4.69) is 47.5 Å². The lowest BCUT2D eigenvalue weighted by molar-refractivity contribution is 0.00687. The summed E-state index contributed by atoms with van der Waals surface area (Å²) in [6.07, 6.45) is 5.42. The Balaban J connectivity index is 1.64. The van der Waals surface area contributed by atoms with Crippen molar-refractivity contribution in [3.8, 4) is 0 Å². The number of hydrogen-bond acceptors (Lipinski definition) is 3. The summed E-state index contributed by atoms with van der Waals surface area (Å²) in [5.41, 5.74) is 1.05. The van der Waals surface area contributed by atoms with Crippen LogP contribution in [0.2, 0.25) is 0 Å². The highest BCUT2D eigenvalue weighted by molar-refractivity contribution is 5.70. The van der Waals surface area contributed by atoms with E-state index in [0.717, 1.165) is 19.3 Å². The minimum absolute atomic E-state index is 0.126. The normalized spacial score (nSPS) is 36.1. The number of hydrogen-bond donors (Lipinski definition) is 1. The number of carbonyl (C=O) groups excluding carboxylic acids is 1. The Morgan fingerprint density at radius 3 is 2.69 bits per heavy atom. The fourth-order valence-electron chi connectivity index (χ4n) is 5.54. The first-order chi connectivity index (χ1) is 12.3. The molecule has 142 valence electrons. The van der Waals surface area contributed by atoms with Gasteiger partial charge in [-0.15, -0.1) is 0 Å². The van der Waals surface area contributed by atoms with Gasteiger partial charge >= 0.3 is 6.09 Å². The summed E-state index contributed by atoms with van der Waals surface area (Å²) in [5, 5.41) is 3.93. The zero-order valence-corrected chi connectivity index (χ0v) is 16.5. The van der Waals surface area contributed by atoms with Crippen LogP contribution in [-0.4, -0.2) is 40.8 Å². The molecule has 1 aliphatic carbocycles. The van der Waals surface area contributed by atoms with E-state index in [1.165, 1.54) is 18.4 Å². The molecule has 4 rings (SSSR count). The molecule has 5 atom stereocenters. The highest BCUT2D eigenvalue weighted by atomic mass is 16.6. The van der Waals surface area contributed by atoms with Gasteiger partial charge in [-0.05, 0) is 58.4 Å². The van der Waals surface area contributed by atoms with Crippen LogP contribution in [-0.2, 0) is 11.2 Å². The van der Waals surface area contributed by atoms with E-state index in [-0.39, 0.29) is 17.6 Å². The van der Waals surface area contributed by atoms with E-state index in [9.17, 15) is 4.79 Å². The summed E-state index contributed by atoms with van der Waals surface area (Å²) in [6, 6.07) is 11.9. The van der Waals surface area contributed by atoms with E-state index >= 15 is 0 Å². The van der Waals surface area contributed by atoms with E-state index in [1.807, 2.05) is 20.8 Å². The summed E-state index contributed by atoms with van der Waals surface area (Å²) in [5.74, 6) is 0. The Morgan fingerprint density at radius 1 is 1.27 bits per heavy atom. The molecule has 3 fully saturated rings. The third-order valence-corrected chi connectivity index (χ3v) is 6.65. The van der Waals surface area contributed by atoms with E-state index in [0.29, 0.717) is 18.1 Å². The molecule has 0 unspecified atom stereocenters. The molecule has 1 aromatic rings. The molecule has 1 N–H and O–H groups in total. The minimum atomic E-state index is -0.453. The summed E-state index contributed by atoms with van der Waals surface area (Å²) in [4.78, 5) is 15.2. The molecule has 1 saturated carbocycles. The number of piperidine rings is 1. The van der Waals surface area contributed by atoms with Gasteiger partial charge in [-0.25, -0.2) is 4.79 Å². The van der Waals surface area contributed by atoms with Crippen LogP contribution < -0.4 is 5.32 Å². The summed E-state index contributed by atoms with van der Waals surface area (Å²) < 4.78 is 5.82. The number of nitrogens with zero attached hydrogens (tertiary/aromatic N) is 1. The minimum Gasteiger partial charge on any atom is -0.444 e. The quantitative estimate of drug-likeness (QED) is 0.866. The number of nitrogens with one attached hydrogen (secondary N) is 1. The molecule has 2 saturated heterocycles. The van der Waals surface area contributed by atoms with Gasteiger partial charge in [0.1, 0.15) is 5.60 Å². The molecule has 2 aliphatic heterocycles. The fourth-order valence-corrected chi connectivity index (χ4v) is 5.54. The van der Waals surface area contributed by atoms with Gasteiger partial charge in [0, 0.05) is 23.5 Å². The maximum Gasteiger partial charge on any atom is 0.410 e. The molecule has 4 heteroatoms. The van der Waals surface area contributed by atoms with Crippen molar-refractivity contribution in [3.63, 3.8) is 0 Å². The number of ether oxygens (including phenoxy) is 1. The molecule has 1 aromatic carbocycles. The average Bonchev–Trinajstić information content (AvgIpc) is 2.87. The van der Waals surface area contributed by atoms with Crippen LogP contribution in [0.15, 0.2) is 30.3 Å². The average molecular weight is 357 g/mol. The number of carbonyl (C=O) groups is 1. The first-order valence-corrected chi connectivity index (χ1v) is 10.1. The van der Waals surface area contributed by atoms with Crippen molar-refractivity contribution in [1.82, 2.24) is 10.2 Å². The van der Waals surface area contributed by atoms with Crippen molar-refractivity contribution in [2.24, 2.45) is 5.41 Å². The van der Waals surface area contributed by atoms with Crippen LogP contribution >= 0.6 is 0 Å². The van der Waals surface area contributed by atoms with Gasteiger partial charge < -0.3 is 15.0 Å². The molecule has 4 nitrogen and oxygen atoms in total. The molecular weight excluding hydrogens is 324 g/mol. The zero-order chi connectivity index (χ0) is 18.5. The third-order valence-electron chi connectivity index (χ3n) is 6.65. The summed E-state index contributed by atoms with van der Waals surface area (Å²) >= 11 is 0. The number of rotatable bonds is 2. The fraction of sp³-hybridized carbons (Fsp3) is 0.682. The molecule has 3 aliphatic rings. The number of amides is 1. The monoisotopic (exact) mass is 356 g/mol. The van der Waals surface area contributed by atoms with Gasteiger partial charge in [0.25, 0.3) is 0 Å². The zero-order valence-electron chi connectivity index (χ0n) is 16.5. The lowest BCUT2D eigenvalue weighted by Gasteiger charge is -2.46. The van der Waals surface area contributed by atoms with E-state index in [1.54, 1.807) is 0 Å². The maximum absolute atomic E-state index is 13.1. The van der Waals surface area contributed by atoms with Gasteiger partial charge in [-0.2, -0.15) is 0 Å². The molecule has 0 radical (unpaired) electrons. The topological polar surface area (TPSA) is 41.6 Å². The van der Waals surface area contributed by atoms with Crippen molar-refractivity contribution >= 4 is 6.09 Å². The van der Waals surface area contributed by atoms with Crippen LogP contribution in [0.1, 0.15) is 58.9 Å². The highest BCUT2D eigenvalue weighted by Crippen LogP contribution is 2.53. The Kier molecular flexibility index (Phi) is 4.30. The number of likely N-dealkylation sites (tertiary alicyclic amines) is 1. The van der Waals surface area contributed by atoms with Crippen molar-refractivity contribution in [2.45, 2.75) is 89.6 Å². The van der Waals surface area contributed by atoms with Crippen molar-refractivity contribution in [3.05, 3.63) is 35.9 Å². The van der Waals surface area contributed by atoms with Crippen molar-refractivity contribution in [2.75, 3.05) is 0 Å². The smallest absolute Gasteiger partial charge is 0.410 e. The molecule has 2 bridgehead atoms. The van der Waals surface area contributed by atoms with Gasteiger partial charge in [-0.3, -0.25) is 0 Å². The number of fused-ring (bicyclic) bond motifs is 1. The summed E-state index contributed by atoms with van der Waals surface area (Å²) in [7, 11) is 0. The molecule has 0 spiro atoms. The Labute approximate surface area is 157 Å². The molecule has 1 amide bonds. The van der Waals surface area contributed by atoms with Crippen LogP contribution in [0.25, 0.3) is 0 Å². The van der Waals surface area contributed by atoms with E-state index in [4.69, 9.17) is 4.74 Å². The first-order valence-electron chi connectivity index (χ1n) is 10.1. The van der Waals surface area contributed by atoms with Gasteiger partial charge in [-0.1, -0.05) is 37.3 Å². The third kappa shape index (κ3) is 3.02. The molecule has 26 heavy (non-hydrogen) atoms. The molecular formula is C22H32N2O2. The lowest BCUT2D eigenvalue weighted by atomic mass is 9.65. The standard InChI is InChI=1S/C22H32N2O2/c1-21(2,3)26-20(25)24-17-14-22(4)18(11-8-12-19(22)24)23-16(17)13-15-9-6-5-7-10-15/h5-7,9-10,16-19,23H,8,11-14H2,1-4H3/t16-,17-,18+,19-,22+/m0/s1. The molecule has 0 aromatic heterocycles. The summed E-state index contributed by atoms with van der Waals surface area (Å²) in [6.45, 7) is 8.25. The second kappa shape index (κ2) is 6.26. The Hall–Kier alpha value is -1.55. The van der Waals surface area contributed by atoms with Crippen molar-refractivity contribution in [1.29, 1.82) is 0 Å². The predicted molar refractivity (Wildman–Crippen MR) is 103 cm³/mol. The van der Waals surface area contributed by atoms with Gasteiger partial charge in [0.2, 0.25) is 0 Å². The van der Waals surface area contributed by atoms with Crippen LogP contribution in [0.4, 0.5) is 4.79 Å². The lowest BCUT2D eigenvalue weighted by Crippen LogP contribution is -2.58. The molecule has 2 heterocycles.